The molecule has 1 unspecified atom stereocenters. The maximum Gasteiger partial charge on any atom is 0.164 e. The summed E-state index contributed by atoms with van der Waals surface area (Å²) in [5, 5.41) is 9.33. The molecule has 8 nitrogen and oxygen atoms in total. The second-order valence-corrected chi connectivity index (χ2v) is 4.35. The summed E-state index contributed by atoms with van der Waals surface area (Å²) in [5.41, 5.74) is 5.76. The van der Waals surface area contributed by atoms with E-state index in [-0.39, 0.29) is 6.61 Å². The number of hydrazine groups is 1. The zero-order valence-electron chi connectivity index (χ0n) is 11.8. The number of aliphatic hydroxyl groups is 1. The van der Waals surface area contributed by atoms with Crippen LogP contribution in [0.1, 0.15) is 11.9 Å². The van der Waals surface area contributed by atoms with Gasteiger partial charge in [-0.05, 0) is 0 Å². The first kappa shape index (κ1) is 14.9. The van der Waals surface area contributed by atoms with Crippen molar-refractivity contribution in [1.82, 2.24) is 15.4 Å². The highest BCUT2D eigenvalue weighted by molar-refractivity contribution is 5.49. The molecule has 3 N–H and O–H groups in total. The zero-order valence-corrected chi connectivity index (χ0v) is 11.8. The van der Waals surface area contributed by atoms with Crippen LogP contribution in [0.25, 0.3) is 0 Å². The number of aromatic nitrogens is 2. The van der Waals surface area contributed by atoms with Crippen LogP contribution in [0.5, 0.6) is 0 Å². The van der Waals surface area contributed by atoms with Crippen LogP contribution in [0, 0.1) is 0 Å². The minimum Gasteiger partial charge on any atom is -0.393 e. The molecule has 0 spiro atoms. The van der Waals surface area contributed by atoms with Gasteiger partial charge in [0, 0.05) is 33.3 Å². The molecule has 1 aliphatic rings. The molecule has 0 aromatic carbocycles. The maximum absolute atomic E-state index is 9.33. The number of aliphatic hydroxyl groups excluding tert-OH is 1. The predicted octanol–water partition coefficient (Wildman–Crippen LogP) is -0.461. The van der Waals surface area contributed by atoms with Gasteiger partial charge in [0.15, 0.2) is 5.82 Å². The Bertz CT molecular complexity index is 422. The standard InChI is InChI=1S/C12H21N5O3/c1-13-16-10-7-11(17-3-5-20-6-4-17)15-12(14-10)9(8-18)19-2/h7,9,13,18H,3-6,8H2,1-2H3,(H,14,15,16). The third-order valence-corrected chi connectivity index (χ3v) is 3.06. The van der Waals surface area contributed by atoms with Crippen molar-refractivity contribution in [3.63, 3.8) is 0 Å². The lowest BCUT2D eigenvalue weighted by Crippen LogP contribution is -2.37. The Morgan fingerprint density at radius 3 is 2.80 bits per heavy atom. The molecule has 0 aliphatic carbocycles. The summed E-state index contributed by atoms with van der Waals surface area (Å²) in [6, 6.07) is 1.86. The number of morpholine rings is 1. The molecule has 1 aliphatic heterocycles. The van der Waals surface area contributed by atoms with Crippen LogP contribution in [-0.4, -0.2) is 62.1 Å². The van der Waals surface area contributed by atoms with Gasteiger partial charge >= 0.3 is 0 Å². The number of nitrogens with one attached hydrogen (secondary N) is 2. The van der Waals surface area contributed by atoms with Gasteiger partial charge in [-0.15, -0.1) is 0 Å². The summed E-state index contributed by atoms with van der Waals surface area (Å²) < 4.78 is 10.5. The molecule has 1 aromatic heterocycles. The van der Waals surface area contributed by atoms with Gasteiger partial charge in [0.1, 0.15) is 17.7 Å². The minimum absolute atomic E-state index is 0.165. The molecular weight excluding hydrogens is 262 g/mol. The molecule has 20 heavy (non-hydrogen) atoms. The fourth-order valence-electron chi connectivity index (χ4n) is 2.00. The van der Waals surface area contributed by atoms with E-state index in [1.54, 1.807) is 7.05 Å². The average molecular weight is 283 g/mol. The fraction of sp³-hybridized carbons (Fsp3) is 0.667. The molecule has 1 atom stereocenters. The summed E-state index contributed by atoms with van der Waals surface area (Å²) in [4.78, 5) is 10.9. The normalized spacial score (nSPS) is 17.1. The lowest BCUT2D eigenvalue weighted by molar-refractivity contribution is 0.0424. The highest BCUT2D eigenvalue weighted by atomic mass is 16.5. The highest BCUT2D eigenvalue weighted by Gasteiger charge is 2.19. The first-order valence-corrected chi connectivity index (χ1v) is 6.56. The Morgan fingerprint density at radius 2 is 2.20 bits per heavy atom. The van der Waals surface area contributed by atoms with E-state index in [0.29, 0.717) is 24.9 Å². The molecule has 0 amide bonds. The summed E-state index contributed by atoms with van der Waals surface area (Å²) in [6.45, 7) is 2.77. The molecule has 2 rings (SSSR count). The fourth-order valence-corrected chi connectivity index (χ4v) is 2.00. The Morgan fingerprint density at radius 1 is 1.45 bits per heavy atom. The van der Waals surface area contributed by atoms with Crippen LogP contribution >= 0.6 is 0 Å². The Labute approximate surface area is 118 Å². The first-order chi connectivity index (χ1) is 9.78. The van der Waals surface area contributed by atoms with Crippen LogP contribution in [-0.2, 0) is 9.47 Å². The average Bonchev–Trinajstić information content (AvgIpc) is 2.50. The first-order valence-electron chi connectivity index (χ1n) is 6.56. The summed E-state index contributed by atoms with van der Waals surface area (Å²) in [5.74, 6) is 1.89. The van der Waals surface area contributed by atoms with Crippen LogP contribution < -0.4 is 15.8 Å². The third kappa shape index (κ3) is 3.54. The molecule has 0 radical (unpaired) electrons. The maximum atomic E-state index is 9.33. The number of ether oxygens (including phenoxy) is 2. The SMILES string of the molecule is CNNc1cc(N2CCOCC2)nc(C(CO)OC)n1. The number of hydrogen-bond acceptors (Lipinski definition) is 8. The lowest BCUT2D eigenvalue weighted by Gasteiger charge is -2.28. The number of rotatable bonds is 6. The molecule has 2 heterocycles. The van der Waals surface area contributed by atoms with Crippen LogP contribution in [0.2, 0.25) is 0 Å². The van der Waals surface area contributed by atoms with Gasteiger partial charge < -0.3 is 24.9 Å². The van der Waals surface area contributed by atoms with Crippen LogP contribution in [0.4, 0.5) is 11.6 Å². The Kier molecular flexibility index (Phi) is 5.48. The number of hydrogen-bond donors (Lipinski definition) is 3. The quantitative estimate of drug-likeness (QED) is 0.604. The van der Waals surface area contributed by atoms with Crippen molar-refractivity contribution in [3.05, 3.63) is 11.9 Å². The van der Waals surface area contributed by atoms with E-state index in [4.69, 9.17) is 9.47 Å². The minimum atomic E-state index is -0.534. The summed E-state index contributed by atoms with van der Waals surface area (Å²) in [6.07, 6.45) is -0.534. The van der Waals surface area contributed by atoms with Crippen molar-refractivity contribution in [3.8, 4) is 0 Å². The molecule has 1 aromatic rings. The molecule has 112 valence electrons. The van der Waals surface area contributed by atoms with Crippen molar-refractivity contribution < 1.29 is 14.6 Å². The van der Waals surface area contributed by atoms with Crippen LogP contribution in [0.3, 0.4) is 0 Å². The van der Waals surface area contributed by atoms with Gasteiger partial charge in [0.05, 0.1) is 19.8 Å². The largest absolute Gasteiger partial charge is 0.393 e. The second kappa shape index (κ2) is 7.34. The van der Waals surface area contributed by atoms with Gasteiger partial charge in [0.25, 0.3) is 0 Å². The number of anilines is 2. The van der Waals surface area contributed by atoms with E-state index in [1.807, 2.05) is 6.07 Å². The van der Waals surface area contributed by atoms with E-state index < -0.39 is 6.10 Å². The summed E-state index contributed by atoms with van der Waals surface area (Å²) >= 11 is 0. The zero-order chi connectivity index (χ0) is 14.4. The number of nitrogens with zero attached hydrogens (tertiary/aromatic N) is 3. The van der Waals surface area contributed by atoms with E-state index in [0.717, 1.165) is 18.9 Å². The Balaban J connectivity index is 2.29. The molecular formula is C12H21N5O3. The third-order valence-electron chi connectivity index (χ3n) is 3.06. The lowest BCUT2D eigenvalue weighted by atomic mass is 10.3. The molecule has 8 heteroatoms. The monoisotopic (exact) mass is 283 g/mol. The van der Waals surface area contributed by atoms with E-state index in [1.165, 1.54) is 7.11 Å². The van der Waals surface area contributed by atoms with E-state index in [9.17, 15) is 5.11 Å². The van der Waals surface area contributed by atoms with Crippen molar-refractivity contribution in [1.29, 1.82) is 0 Å². The van der Waals surface area contributed by atoms with E-state index in [2.05, 4.69) is 25.7 Å². The Hall–Kier alpha value is -1.48. The second-order valence-electron chi connectivity index (χ2n) is 4.35. The van der Waals surface area contributed by atoms with Crippen LogP contribution in [0.15, 0.2) is 6.07 Å². The number of methoxy groups -OCH3 is 1. The predicted molar refractivity (Wildman–Crippen MR) is 74.6 cm³/mol. The highest BCUT2D eigenvalue weighted by Crippen LogP contribution is 2.21. The molecule has 1 fully saturated rings. The summed E-state index contributed by atoms with van der Waals surface area (Å²) in [7, 11) is 3.28. The topological polar surface area (TPSA) is 91.8 Å². The van der Waals surface area contributed by atoms with Gasteiger partial charge in [-0.25, -0.2) is 15.4 Å². The van der Waals surface area contributed by atoms with Gasteiger partial charge in [-0.3, -0.25) is 0 Å². The van der Waals surface area contributed by atoms with Crippen molar-refractivity contribution in [2.24, 2.45) is 0 Å². The van der Waals surface area contributed by atoms with Gasteiger partial charge in [-0.2, -0.15) is 0 Å². The molecule has 1 saturated heterocycles. The van der Waals surface area contributed by atoms with Crippen molar-refractivity contribution in [2.75, 3.05) is 57.4 Å². The van der Waals surface area contributed by atoms with Gasteiger partial charge in [-0.1, -0.05) is 0 Å². The smallest absolute Gasteiger partial charge is 0.164 e. The molecule has 0 saturated carbocycles. The van der Waals surface area contributed by atoms with Gasteiger partial charge in [0.2, 0.25) is 0 Å². The van der Waals surface area contributed by atoms with Crippen molar-refractivity contribution >= 4 is 11.6 Å². The molecule has 0 bridgehead atoms. The van der Waals surface area contributed by atoms with Crippen molar-refractivity contribution in [2.45, 2.75) is 6.10 Å². The van der Waals surface area contributed by atoms with E-state index >= 15 is 0 Å².